The second-order valence-electron chi connectivity index (χ2n) is 3.64. The quantitative estimate of drug-likeness (QED) is 0.862. The summed E-state index contributed by atoms with van der Waals surface area (Å²) in [7, 11) is 1.46. The summed E-state index contributed by atoms with van der Waals surface area (Å²) in [6.07, 6.45) is 1.68. The third-order valence-electron chi connectivity index (χ3n) is 2.42. The number of aromatic nitrogens is 1. The van der Waals surface area contributed by atoms with Crippen LogP contribution in [0.3, 0.4) is 0 Å². The maximum atomic E-state index is 13.9. The van der Waals surface area contributed by atoms with Crippen molar-refractivity contribution < 1.29 is 9.13 Å². The van der Waals surface area contributed by atoms with E-state index in [1.165, 1.54) is 18.9 Å². The first kappa shape index (κ1) is 12.7. The van der Waals surface area contributed by atoms with Crippen molar-refractivity contribution in [3.8, 4) is 5.75 Å². The number of thioether (sulfide) groups is 1. The summed E-state index contributed by atoms with van der Waals surface area (Å²) in [4.78, 5) is 4.94. The molecule has 0 saturated carbocycles. The Bertz CT molecular complexity index is 531. The van der Waals surface area contributed by atoms with Gasteiger partial charge in [0.05, 0.1) is 7.11 Å². The van der Waals surface area contributed by atoms with Gasteiger partial charge in [-0.05, 0) is 18.2 Å². The van der Waals surface area contributed by atoms with E-state index in [4.69, 9.17) is 10.5 Å². The van der Waals surface area contributed by atoms with Crippen LogP contribution >= 0.6 is 11.8 Å². The first-order valence-electron chi connectivity index (χ1n) is 5.36. The number of nitrogens with zero attached hydrogens (tertiary/aromatic N) is 1. The fourth-order valence-corrected chi connectivity index (χ4v) is 2.30. The zero-order chi connectivity index (χ0) is 13.0. The molecule has 0 fully saturated rings. The van der Waals surface area contributed by atoms with Gasteiger partial charge in [-0.2, -0.15) is 0 Å². The second-order valence-corrected chi connectivity index (χ2v) is 4.69. The molecule has 18 heavy (non-hydrogen) atoms. The van der Waals surface area contributed by atoms with Gasteiger partial charge in [-0.3, -0.25) is 0 Å². The Labute approximate surface area is 109 Å². The van der Waals surface area contributed by atoms with E-state index in [-0.39, 0.29) is 11.6 Å². The molecule has 1 aromatic heterocycles. The van der Waals surface area contributed by atoms with E-state index in [1.54, 1.807) is 30.5 Å². The molecule has 2 N–H and O–H groups in total. The van der Waals surface area contributed by atoms with Gasteiger partial charge >= 0.3 is 0 Å². The molecule has 3 nitrogen and oxygen atoms in total. The van der Waals surface area contributed by atoms with Crippen molar-refractivity contribution in [2.75, 3.05) is 12.8 Å². The number of nitrogens with two attached hydrogens (primary N) is 1. The number of methoxy groups -OCH3 is 1. The van der Waals surface area contributed by atoms with E-state index < -0.39 is 0 Å². The summed E-state index contributed by atoms with van der Waals surface area (Å²) in [6, 6.07) is 8.72. The van der Waals surface area contributed by atoms with Crippen molar-refractivity contribution in [1.29, 1.82) is 0 Å². The minimum absolute atomic E-state index is 0.267. The van der Waals surface area contributed by atoms with Gasteiger partial charge in [0.25, 0.3) is 0 Å². The molecule has 0 bridgehead atoms. The first-order chi connectivity index (χ1) is 8.70. The van der Waals surface area contributed by atoms with Crippen molar-refractivity contribution in [2.24, 2.45) is 0 Å². The Morgan fingerprint density at radius 1 is 1.33 bits per heavy atom. The van der Waals surface area contributed by atoms with Crippen molar-refractivity contribution in [3.63, 3.8) is 0 Å². The molecule has 1 aromatic carbocycles. The fourth-order valence-electron chi connectivity index (χ4n) is 1.46. The summed E-state index contributed by atoms with van der Waals surface area (Å²) in [5.74, 6) is 0.959. The maximum Gasteiger partial charge on any atom is 0.169 e. The lowest BCUT2D eigenvalue weighted by Crippen LogP contribution is -1.93. The smallest absolute Gasteiger partial charge is 0.169 e. The summed E-state index contributed by atoms with van der Waals surface area (Å²) < 4.78 is 18.8. The van der Waals surface area contributed by atoms with Crippen LogP contribution in [0.4, 0.5) is 10.2 Å². The van der Waals surface area contributed by atoms with Crippen LogP contribution in [-0.4, -0.2) is 12.1 Å². The van der Waals surface area contributed by atoms with E-state index >= 15 is 0 Å². The Balaban J connectivity index is 2.08. The van der Waals surface area contributed by atoms with Crippen LogP contribution in [0.5, 0.6) is 5.75 Å². The minimum Gasteiger partial charge on any atom is -0.494 e. The van der Waals surface area contributed by atoms with Gasteiger partial charge in [-0.1, -0.05) is 12.1 Å². The molecule has 0 radical (unpaired) electrons. The van der Waals surface area contributed by atoms with E-state index in [9.17, 15) is 4.39 Å². The van der Waals surface area contributed by atoms with Gasteiger partial charge in [-0.15, -0.1) is 11.8 Å². The lowest BCUT2D eigenvalue weighted by atomic mass is 10.2. The highest BCUT2D eigenvalue weighted by Gasteiger charge is 2.08. The molecule has 0 aliphatic carbocycles. The third-order valence-corrected chi connectivity index (χ3v) is 3.45. The van der Waals surface area contributed by atoms with Crippen LogP contribution < -0.4 is 10.5 Å². The molecular weight excluding hydrogens is 251 g/mol. The zero-order valence-electron chi connectivity index (χ0n) is 9.89. The van der Waals surface area contributed by atoms with Crippen LogP contribution in [0.2, 0.25) is 0 Å². The van der Waals surface area contributed by atoms with Gasteiger partial charge in [0, 0.05) is 22.4 Å². The standard InChI is InChI=1S/C13H13FN2OS/c1-17-11-4-2-3-9(13(11)14)8-18-10-5-6-12(15)16-7-10/h2-7H,8H2,1H3,(H2,15,16). The van der Waals surface area contributed by atoms with Crippen molar-refractivity contribution in [2.45, 2.75) is 10.6 Å². The maximum absolute atomic E-state index is 13.9. The lowest BCUT2D eigenvalue weighted by Gasteiger charge is -2.07. The SMILES string of the molecule is COc1cccc(CSc2ccc(N)nc2)c1F. The van der Waals surface area contributed by atoms with Gasteiger partial charge < -0.3 is 10.5 Å². The number of hydrogen-bond acceptors (Lipinski definition) is 4. The molecule has 0 spiro atoms. The number of rotatable bonds is 4. The Kier molecular flexibility index (Phi) is 4.04. The fraction of sp³-hybridized carbons (Fsp3) is 0.154. The van der Waals surface area contributed by atoms with Crippen LogP contribution in [0.15, 0.2) is 41.4 Å². The molecule has 0 atom stereocenters. The van der Waals surface area contributed by atoms with Crippen molar-refractivity contribution in [3.05, 3.63) is 47.9 Å². The number of ether oxygens (including phenoxy) is 1. The second kappa shape index (κ2) is 5.73. The van der Waals surface area contributed by atoms with E-state index in [2.05, 4.69) is 4.98 Å². The van der Waals surface area contributed by atoms with E-state index in [0.717, 1.165) is 4.90 Å². The van der Waals surface area contributed by atoms with Gasteiger partial charge in [-0.25, -0.2) is 9.37 Å². The predicted molar refractivity (Wildman–Crippen MR) is 71.2 cm³/mol. The van der Waals surface area contributed by atoms with Crippen LogP contribution in [0.1, 0.15) is 5.56 Å². The average Bonchev–Trinajstić information content (AvgIpc) is 2.39. The summed E-state index contributed by atoms with van der Waals surface area (Å²) in [5.41, 5.74) is 6.11. The van der Waals surface area contributed by atoms with Gasteiger partial charge in [0.2, 0.25) is 0 Å². The molecule has 5 heteroatoms. The third kappa shape index (κ3) is 2.92. The number of pyridine rings is 1. The highest BCUT2D eigenvalue weighted by atomic mass is 32.2. The van der Waals surface area contributed by atoms with Crippen molar-refractivity contribution >= 4 is 17.6 Å². The number of nitrogen functional groups attached to an aromatic ring is 1. The summed E-state index contributed by atoms with van der Waals surface area (Å²) in [5, 5.41) is 0. The monoisotopic (exact) mass is 264 g/mol. The molecule has 2 aromatic rings. The summed E-state index contributed by atoms with van der Waals surface area (Å²) in [6.45, 7) is 0. The van der Waals surface area contributed by atoms with Gasteiger partial charge in [0.1, 0.15) is 5.82 Å². The molecule has 1 heterocycles. The number of hydrogen-bond donors (Lipinski definition) is 1. The molecule has 0 aliphatic rings. The molecule has 0 amide bonds. The lowest BCUT2D eigenvalue weighted by molar-refractivity contribution is 0.385. The number of benzene rings is 1. The normalized spacial score (nSPS) is 10.3. The number of anilines is 1. The predicted octanol–water partition coefficient (Wildman–Crippen LogP) is 3.10. The Morgan fingerprint density at radius 3 is 2.83 bits per heavy atom. The van der Waals surface area contributed by atoms with Crippen molar-refractivity contribution in [1.82, 2.24) is 4.98 Å². The van der Waals surface area contributed by atoms with Crippen LogP contribution in [0.25, 0.3) is 0 Å². The molecule has 0 saturated heterocycles. The van der Waals surface area contributed by atoms with Crippen LogP contribution in [-0.2, 0) is 5.75 Å². The first-order valence-corrected chi connectivity index (χ1v) is 6.35. The molecule has 2 rings (SSSR count). The Morgan fingerprint density at radius 2 is 2.17 bits per heavy atom. The topological polar surface area (TPSA) is 48.1 Å². The Hall–Kier alpha value is -1.75. The average molecular weight is 264 g/mol. The highest BCUT2D eigenvalue weighted by Crippen LogP contribution is 2.27. The molecule has 0 unspecified atom stereocenters. The number of halogens is 1. The zero-order valence-corrected chi connectivity index (χ0v) is 10.7. The summed E-state index contributed by atoms with van der Waals surface area (Å²) >= 11 is 1.50. The van der Waals surface area contributed by atoms with Crippen LogP contribution in [0, 0.1) is 5.82 Å². The van der Waals surface area contributed by atoms with E-state index in [0.29, 0.717) is 17.1 Å². The minimum atomic E-state index is -0.309. The molecule has 0 aliphatic heterocycles. The van der Waals surface area contributed by atoms with E-state index in [1.807, 2.05) is 6.07 Å². The highest BCUT2D eigenvalue weighted by molar-refractivity contribution is 7.98. The largest absolute Gasteiger partial charge is 0.494 e. The molecular formula is C13H13FN2OS. The molecule has 94 valence electrons. The van der Waals surface area contributed by atoms with Gasteiger partial charge in [0.15, 0.2) is 11.6 Å².